The van der Waals surface area contributed by atoms with E-state index in [-0.39, 0.29) is 0 Å². The second kappa shape index (κ2) is 9.00. The van der Waals surface area contributed by atoms with Gasteiger partial charge in [-0.3, -0.25) is 0 Å². The molecule has 0 spiro atoms. The van der Waals surface area contributed by atoms with E-state index in [0.29, 0.717) is 0 Å². The fourth-order valence-corrected chi connectivity index (χ4v) is 25.2. The Morgan fingerprint density at radius 3 is 0.500 bits per heavy atom. The molecular weight excluding hydrogens is 783 g/mol. The summed E-state index contributed by atoms with van der Waals surface area (Å²) in [6.45, 7) is 0. The van der Waals surface area contributed by atoms with Crippen LogP contribution in [-0.4, -0.2) is 12.9 Å². The molecule has 3 aromatic carbocycles. The Balaban J connectivity index is 2.88. The Hall–Kier alpha value is -1.61. The normalized spacial score (nSPS) is 13.2. The van der Waals surface area contributed by atoms with E-state index in [0.717, 1.165) is 0 Å². The van der Waals surface area contributed by atoms with Crippen molar-refractivity contribution in [3.05, 3.63) is 87.3 Å². The minimum atomic E-state index is -8.67. The first-order chi connectivity index (χ1) is 16.3. The maximum absolute atomic E-state index is 14.9. The van der Waals surface area contributed by atoms with E-state index < -0.39 is 111 Å². The SMILES string of the molecule is Fc1c(F)c(F)[c]([Sb]([Br])([Br])([c]2c(F)c(F)c(F)c(F)c2F)[c]2c(F)c(F)c(F)c(F)c2F)c(F)c1F. The molecule has 0 heterocycles. The van der Waals surface area contributed by atoms with E-state index >= 15 is 0 Å². The van der Waals surface area contributed by atoms with Crippen molar-refractivity contribution < 1.29 is 65.9 Å². The zero-order chi connectivity index (χ0) is 27.8. The summed E-state index contributed by atoms with van der Waals surface area (Å²) in [7, 11) is 0. The van der Waals surface area contributed by atoms with E-state index in [9.17, 15) is 65.9 Å². The fourth-order valence-electron chi connectivity index (χ4n) is 3.15. The number of halogens is 17. The van der Waals surface area contributed by atoms with E-state index in [1.54, 1.807) is 0 Å². The van der Waals surface area contributed by atoms with Crippen molar-refractivity contribution in [3.8, 4) is 0 Å². The fraction of sp³-hybridized carbons (Fsp3) is 0. The van der Waals surface area contributed by atoms with Gasteiger partial charge in [0, 0.05) is 0 Å². The zero-order valence-corrected chi connectivity index (χ0v) is 21.6. The molecule has 0 atom stereocenters. The number of benzene rings is 3. The Morgan fingerprint density at radius 2 is 0.361 bits per heavy atom. The first-order valence-corrected chi connectivity index (χ1v) is 23.6. The van der Waals surface area contributed by atoms with Crippen molar-refractivity contribution in [1.29, 1.82) is 0 Å². The quantitative estimate of drug-likeness (QED) is 0.133. The monoisotopic (exact) mass is 780 g/mol. The Labute approximate surface area is 201 Å². The van der Waals surface area contributed by atoms with Gasteiger partial charge in [0.05, 0.1) is 0 Å². The molecule has 0 saturated carbocycles. The third kappa shape index (κ3) is 3.58. The van der Waals surface area contributed by atoms with Crippen LogP contribution < -0.4 is 10.5 Å². The van der Waals surface area contributed by atoms with Gasteiger partial charge in [0.2, 0.25) is 0 Å². The van der Waals surface area contributed by atoms with Gasteiger partial charge in [-0.15, -0.1) is 0 Å². The summed E-state index contributed by atoms with van der Waals surface area (Å²) in [5.41, 5.74) is 0. The molecule has 3 rings (SSSR count). The molecule has 0 aliphatic rings. The molecule has 196 valence electrons. The second-order valence-electron chi connectivity index (χ2n) is 6.66. The van der Waals surface area contributed by atoms with Gasteiger partial charge in [0.15, 0.2) is 0 Å². The Morgan fingerprint density at radius 1 is 0.250 bits per heavy atom. The molecule has 0 nitrogen and oxygen atoms in total. The molecule has 0 radical (unpaired) electrons. The molecule has 3 aromatic rings. The molecule has 0 bridgehead atoms. The molecule has 0 aromatic heterocycles. The molecule has 0 N–H and O–H groups in total. The molecule has 18 heteroatoms. The van der Waals surface area contributed by atoms with Gasteiger partial charge in [-0.25, -0.2) is 0 Å². The molecule has 0 amide bonds. The zero-order valence-electron chi connectivity index (χ0n) is 15.9. The summed E-state index contributed by atoms with van der Waals surface area (Å²) in [5.74, 6) is -45.6. The number of hydrogen-bond acceptors (Lipinski definition) is 0. The summed E-state index contributed by atoms with van der Waals surface area (Å²) in [6, 6.07) is 0. The van der Waals surface area contributed by atoms with E-state index in [1.165, 1.54) is 0 Å². The van der Waals surface area contributed by atoms with Gasteiger partial charge in [0.25, 0.3) is 0 Å². The third-order valence-electron chi connectivity index (χ3n) is 4.74. The van der Waals surface area contributed by atoms with Gasteiger partial charge in [-0.2, -0.15) is 0 Å². The number of rotatable bonds is 3. The Bertz CT molecular complexity index is 1230. The summed E-state index contributed by atoms with van der Waals surface area (Å²) < 4.78 is 206. The predicted molar refractivity (Wildman–Crippen MR) is 101 cm³/mol. The van der Waals surface area contributed by atoms with Gasteiger partial charge in [-0.05, 0) is 0 Å². The molecular formula is C18Br2F15Sb. The topological polar surface area (TPSA) is 0 Å². The van der Waals surface area contributed by atoms with Crippen molar-refractivity contribution in [2.24, 2.45) is 0 Å². The van der Waals surface area contributed by atoms with Gasteiger partial charge in [0.1, 0.15) is 0 Å². The summed E-state index contributed by atoms with van der Waals surface area (Å²) in [6.07, 6.45) is 0. The van der Waals surface area contributed by atoms with E-state index in [2.05, 4.69) is 0 Å². The molecule has 0 saturated heterocycles. The molecule has 0 unspecified atom stereocenters. The van der Waals surface area contributed by atoms with Crippen molar-refractivity contribution in [1.82, 2.24) is 0 Å². The van der Waals surface area contributed by atoms with Crippen molar-refractivity contribution >= 4 is 48.6 Å². The van der Waals surface area contributed by atoms with Crippen LogP contribution in [0, 0.1) is 87.3 Å². The maximum atomic E-state index is 14.9. The second-order valence-corrected chi connectivity index (χ2v) is 41.1. The Kier molecular flexibility index (Phi) is 7.24. The molecule has 36 heavy (non-hydrogen) atoms. The van der Waals surface area contributed by atoms with Crippen LogP contribution in [-0.2, 0) is 0 Å². The van der Waals surface area contributed by atoms with Crippen LogP contribution in [0.3, 0.4) is 0 Å². The third-order valence-corrected chi connectivity index (χ3v) is 29.1. The summed E-state index contributed by atoms with van der Waals surface area (Å²) >= 11 is -4.65. The van der Waals surface area contributed by atoms with Crippen molar-refractivity contribution in [2.75, 3.05) is 0 Å². The first-order valence-electron chi connectivity index (χ1n) is 8.34. The van der Waals surface area contributed by atoms with Crippen LogP contribution in [0.5, 0.6) is 0 Å². The van der Waals surface area contributed by atoms with Crippen LogP contribution >= 0.6 is 25.2 Å². The summed E-state index contributed by atoms with van der Waals surface area (Å²) in [4.78, 5) is 0. The van der Waals surface area contributed by atoms with Crippen LogP contribution in [0.15, 0.2) is 0 Å². The molecule has 0 fully saturated rings. The minimum absolute atomic E-state index is 2.01. The van der Waals surface area contributed by atoms with Crippen LogP contribution in [0.25, 0.3) is 0 Å². The standard InChI is InChI=1S/3C6F5.2BrH.Sb/c3*7-2-1-3(8)5(10)6(11)4(2)9;;;/h;;;2*1H;/q;;;;;+2/p-2. The molecule has 0 aliphatic heterocycles. The molecule has 0 aliphatic carbocycles. The average molecular weight is 783 g/mol. The average Bonchev–Trinajstić information content (AvgIpc) is 2.81. The predicted octanol–water partition coefficient (Wildman–Crippen LogP) is 5.98. The van der Waals surface area contributed by atoms with Gasteiger partial charge < -0.3 is 0 Å². The first kappa shape index (κ1) is 29.0. The van der Waals surface area contributed by atoms with E-state index in [4.69, 9.17) is 0 Å². The van der Waals surface area contributed by atoms with Crippen LogP contribution in [0.4, 0.5) is 65.9 Å². The van der Waals surface area contributed by atoms with Crippen molar-refractivity contribution in [2.45, 2.75) is 0 Å². The van der Waals surface area contributed by atoms with Crippen LogP contribution in [0.1, 0.15) is 0 Å². The van der Waals surface area contributed by atoms with Gasteiger partial charge >= 0.3 is 202 Å². The summed E-state index contributed by atoms with van der Waals surface area (Å²) in [5, 5.41) is 0. The number of hydrogen-bond donors (Lipinski definition) is 0. The van der Waals surface area contributed by atoms with Gasteiger partial charge in [-0.1, -0.05) is 0 Å². The van der Waals surface area contributed by atoms with Crippen LogP contribution in [0.2, 0.25) is 0 Å². The van der Waals surface area contributed by atoms with E-state index in [1.807, 2.05) is 25.2 Å². The van der Waals surface area contributed by atoms with Crippen molar-refractivity contribution in [3.63, 3.8) is 0 Å².